The second-order valence-corrected chi connectivity index (χ2v) is 4.49. The van der Waals surface area contributed by atoms with Gasteiger partial charge in [0.2, 0.25) is 0 Å². The van der Waals surface area contributed by atoms with Crippen LogP contribution in [0.5, 0.6) is 5.75 Å². The van der Waals surface area contributed by atoms with E-state index in [1.807, 2.05) is 48.2 Å². The molecule has 0 saturated carbocycles. The van der Waals surface area contributed by atoms with E-state index in [2.05, 4.69) is 24.3 Å². The van der Waals surface area contributed by atoms with Crippen LogP contribution in [0.3, 0.4) is 0 Å². The van der Waals surface area contributed by atoms with Crippen LogP contribution in [0.1, 0.15) is 0 Å². The molecule has 2 heteroatoms. The number of para-hydroxylation sites is 1. The van der Waals surface area contributed by atoms with Gasteiger partial charge < -0.3 is 4.74 Å². The van der Waals surface area contributed by atoms with E-state index in [-0.39, 0.29) is 0 Å². The minimum absolute atomic E-state index is 0.740. The summed E-state index contributed by atoms with van der Waals surface area (Å²) < 4.78 is 5.61. The molecule has 82 valence electrons. The lowest BCUT2D eigenvalue weighted by atomic mass is 10.3. The van der Waals surface area contributed by atoms with Gasteiger partial charge in [0.15, 0.2) is 0 Å². The first-order valence-electron chi connectivity index (χ1n) is 5.31. The Labute approximate surface area is 100 Å². The normalized spacial score (nSPS) is 10.0. The van der Waals surface area contributed by atoms with Crippen molar-refractivity contribution in [3.8, 4) is 5.75 Å². The van der Waals surface area contributed by atoms with Gasteiger partial charge in [0.25, 0.3) is 0 Å². The lowest BCUT2D eigenvalue weighted by Crippen LogP contribution is -1.99. The van der Waals surface area contributed by atoms with Gasteiger partial charge in [-0.05, 0) is 24.3 Å². The van der Waals surface area contributed by atoms with E-state index in [1.54, 1.807) is 0 Å². The predicted octanol–water partition coefficient (Wildman–Crippen LogP) is 3.86. The van der Waals surface area contributed by atoms with Crippen LogP contribution in [-0.4, -0.2) is 12.4 Å². The van der Waals surface area contributed by atoms with Crippen LogP contribution in [-0.2, 0) is 0 Å². The molecule has 0 aliphatic heterocycles. The molecule has 2 aromatic rings. The van der Waals surface area contributed by atoms with E-state index in [9.17, 15) is 0 Å². The molecule has 0 amide bonds. The minimum Gasteiger partial charge on any atom is -0.493 e. The highest BCUT2D eigenvalue weighted by Gasteiger charge is 1.94. The standard InChI is InChI=1S/C14H14OS/c1-3-7-13(8-4-1)15-11-12-16-14-9-5-2-6-10-14/h1-10H,11-12H2. The summed E-state index contributed by atoms with van der Waals surface area (Å²) in [5.74, 6) is 1.91. The smallest absolute Gasteiger partial charge is 0.119 e. The summed E-state index contributed by atoms with van der Waals surface area (Å²) in [6.07, 6.45) is 0. The zero-order valence-corrected chi connectivity index (χ0v) is 9.82. The fourth-order valence-electron chi connectivity index (χ4n) is 1.35. The van der Waals surface area contributed by atoms with E-state index >= 15 is 0 Å². The van der Waals surface area contributed by atoms with Gasteiger partial charge >= 0.3 is 0 Å². The van der Waals surface area contributed by atoms with Crippen molar-refractivity contribution in [1.82, 2.24) is 0 Å². The molecular weight excluding hydrogens is 216 g/mol. The summed E-state index contributed by atoms with van der Waals surface area (Å²) in [5.41, 5.74) is 0. The molecule has 2 aromatic carbocycles. The third-order valence-corrected chi connectivity index (χ3v) is 3.08. The lowest BCUT2D eigenvalue weighted by Gasteiger charge is -2.05. The summed E-state index contributed by atoms with van der Waals surface area (Å²) in [6.45, 7) is 0.740. The zero-order valence-electron chi connectivity index (χ0n) is 9.00. The van der Waals surface area contributed by atoms with Crippen LogP contribution in [0.2, 0.25) is 0 Å². The Bertz CT molecular complexity index is 358. The first-order chi connectivity index (χ1) is 7.95. The van der Waals surface area contributed by atoms with Crippen molar-refractivity contribution in [2.45, 2.75) is 4.90 Å². The molecule has 0 N–H and O–H groups in total. The fourth-order valence-corrected chi connectivity index (χ4v) is 2.10. The molecule has 0 bridgehead atoms. The van der Waals surface area contributed by atoms with Crippen LogP contribution < -0.4 is 4.74 Å². The molecule has 0 unspecified atom stereocenters. The van der Waals surface area contributed by atoms with Crippen molar-refractivity contribution < 1.29 is 4.74 Å². The third kappa shape index (κ3) is 3.63. The molecule has 0 aliphatic rings. The van der Waals surface area contributed by atoms with Crippen molar-refractivity contribution in [3.63, 3.8) is 0 Å². The van der Waals surface area contributed by atoms with E-state index < -0.39 is 0 Å². The number of hydrogen-bond acceptors (Lipinski definition) is 2. The van der Waals surface area contributed by atoms with Gasteiger partial charge in [0.1, 0.15) is 5.75 Å². The number of benzene rings is 2. The highest BCUT2D eigenvalue weighted by Crippen LogP contribution is 2.17. The van der Waals surface area contributed by atoms with Crippen molar-refractivity contribution in [2.24, 2.45) is 0 Å². The largest absolute Gasteiger partial charge is 0.493 e. The molecular formula is C14H14OS. The van der Waals surface area contributed by atoms with Crippen molar-refractivity contribution in [2.75, 3.05) is 12.4 Å². The number of hydrogen-bond donors (Lipinski definition) is 0. The maximum Gasteiger partial charge on any atom is 0.119 e. The van der Waals surface area contributed by atoms with Crippen molar-refractivity contribution in [3.05, 3.63) is 60.7 Å². The topological polar surface area (TPSA) is 9.23 Å². The second kappa shape index (κ2) is 6.23. The van der Waals surface area contributed by atoms with Gasteiger partial charge in [-0.25, -0.2) is 0 Å². The van der Waals surface area contributed by atoms with E-state index in [0.29, 0.717) is 0 Å². The Morgan fingerprint density at radius 2 is 1.44 bits per heavy atom. The average molecular weight is 230 g/mol. The zero-order chi connectivity index (χ0) is 11.1. The SMILES string of the molecule is c1ccc(OCCSc2ccccc2)cc1. The average Bonchev–Trinajstić information content (AvgIpc) is 2.37. The molecule has 2 rings (SSSR count). The van der Waals surface area contributed by atoms with E-state index in [0.717, 1.165) is 18.1 Å². The quantitative estimate of drug-likeness (QED) is 0.570. The molecule has 0 aliphatic carbocycles. The summed E-state index contributed by atoms with van der Waals surface area (Å²) in [5, 5.41) is 0. The number of thioether (sulfide) groups is 1. The Kier molecular flexibility index (Phi) is 4.32. The Balaban J connectivity index is 1.70. The predicted molar refractivity (Wildman–Crippen MR) is 69.1 cm³/mol. The summed E-state index contributed by atoms with van der Waals surface area (Å²) >= 11 is 1.81. The Morgan fingerprint density at radius 1 is 0.812 bits per heavy atom. The lowest BCUT2D eigenvalue weighted by molar-refractivity contribution is 0.344. The molecule has 0 saturated heterocycles. The number of ether oxygens (including phenoxy) is 1. The second-order valence-electron chi connectivity index (χ2n) is 3.32. The molecule has 16 heavy (non-hydrogen) atoms. The van der Waals surface area contributed by atoms with E-state index in [1.165, 1.54) is 4.90 Å². The van der Waals surface area contributed by atoms with Crippen molar-refractivity contribution >= 4 is 11.8 Å². The third-order valence-electron chi connectivity index (χ3n) is 2.11. The molecule has 0 radical (unpaired) electrons. The first kappa shape index (κ1) is 11.1. The maximum atomic E-state index is 5.61. The van der Waals surface area contributed by atoms with Crippen LogP contribution in [0.4, 0.5) is 0 Å². The van der Waals surface area contributed by atoms with Crippen LogP contribution in [0.15, 0.2) is 65.6 Å². The van der Waals surface area contributed by atoms with Gasteiger partial charge in [-0.15, -0.1) is 11.8 Å². The Hall–Kier alpha value is -1.41. The molecule has 1 nitrogen and oxygen atoms in total. The minimum atomic E-state index is 0.740. The molecule has 0 fully saturated rings. The van der Waals surface area contributed by atoms with Crippen LogP contribution in [0.25, 0.3) is 0 Å². The van der Waals surface area contributed by atoms with Gasteiger partial charge in [0, 0.05) is 10.6 Å². The summed E-state index contributed by atoms with van der Waals surface area (Å²) in [7, 11) is 0. The van der Waals surface area contributed by atoms with Crippen LogP contribution in [0, 0.1) is 0 Å². The first-order valence-corrected chi connectivity index (χ1v) is 6.29. The fraction of sp³-hybridized carbons (Fsp3) is 0.143. The van der Waals surface area contributed by atoms with Gasteiger partial charge in [-0.1, -0.05) is 36.4 Å². The van der Waals surface area contributed by atoms with Gasteiger partial charge in [-0.3, -0.25) is 0 Å². The summed E-state index contributed by atoms with van der Waals surface area (Å²) in [6, 6.07) is 20.3. The Morgan fingerprint density at radius 3 is 2.12 bits per heavy atom. The highest BCUT2D eigenvalue weighted by atomic mass is 32.2. The highest BCUT2D eigenvalue weighted by molar-refractivity contribution is 7.99. The van der Waals surface area contributed by atoms with Crippen molar-refractivity contribution in [1.29, 1.82) is 0 Å². The van der Waals surface area contributed by atoms with E-state index in [4.69, 9.17) is 4.74 Å². The molecule has 0 aromatic heterocycles. The summed E-state index contributed by atoms with van der Waals surface area (Å²) in [4.78, 5) is 1.29. The molecule has 0 heterocycles. The monoisotopic (exact) mass is 230 g/mol. The maximum absolute atomic E-state index is 5.61. The van der Waals surface area contributed by atoms with Crippen LogP contribution >= 0.6 is 11.8 Å². The van der Waals surface area contributed by atoms with Gasteiger partial charge in [0.05, 0.1) is 6.61 Å². The number of rotatable bonds is 5. The van der Waals surface area contributed by atoms with Gasteiger partial charge in [-0.2, -0.15) is 0 Å². The molecule has 0 spiro atoms. The molecule has 0 atom stereocenters.